The van der Waals surface area contributed by atoms with E-state index in [2.05, 4.69) is 41.2 Å². The Balaban J connectivity index is 1.83. The maximum atomic E-state index is 11.1. The fraction of sp³-hybridized carbons (Fsp3) is 0.333. The summed E-state index contributed by atoms with van der Waals surface area (Å²) in [5.41, 5.74) is 4.80. The summed E-state index contributed by atoms with van der Waals surface area (Å²) in [6, 6.07) is 12.1. The average molecular weight is 311 g/mol. The molecule has 0 radical (unpaired) electrons. The van der Waals surface area contributed by atoms with Crippen molar-refractivity contribution in [2.75, 3.05) is 13.1 Å². The van der Waals surface area contributed by atoms with E-state index in [-0.39, 0.29) is 5.69 Å². The standard InChI is InChI=1S/C18H21N3O2/c1-13-8-9-21(11-14-6-4-3-5-7-14)12-15(13)17-10-16(18(22)23)19-20(17)2/h3-7,10H,8-9,11-12H2,1-2H3,(H,22,23). The molecule has 1 aromatic heterocycles. The maximum absolute atomic E-state index is 11.1. The van der Waals surface area contributed by atoms with Crippen LogP contribution in [-0.2, 0) is 13.6 Å². The molecule has 23 heavy (non-hydrogen) atoms. The molecule has 5 nitrogen and oxygen atoms in total. The van der Waals surface area contributed by atoms with Gasteiger partial charge in [0.1, 0.15) is 0 Å². The lowest BCUT2D eigenvalue weighted by atomic mass is 9.98. The summed E-state index contributed by atoms with van der Waals surface area (Å²) in [5.74, 6) is -0.984. The number of carbonyl (C=O) groups is 1. The number of nitrogens with zero attached hydrogens (tertiary/aromatic N) is 3. The molecule has 0 fully saturated rings. The molecule has 1 aliphatic rings. The number of aryl methyl sites for hydroxylation is 1. The van der Waals surface area contributed by atoms with Crippen LogP contribution in [0, 0.1) is 0 Å². The van der Waals surface area contributed by atoms with Crippen molar-refractivity contribution in [3.05, 3.63) is 58.9 Å². The van der Waals surface area contributed by atoms with Crippen molar-refractivity contribution in [2.24, 2.45) is 7.05 Å². The van der Waals surface area contributed by atoms with E-state index in [4.69, 9.17) is 5.11 Å². The van der Waals surface area contributed by atoms with Crippen molar-refractivity contribution in [2.45, 2.75) is 19.9 Å². The van der Waals surface area contributed by atoms with E-state index < -0.39 is 5.97 Å². The van der Waals surface area contributed by atoms with E-state index in [0.717, 1.165) is 31.7 Å². The van der Waals surface area contributed by atoms with Crippen LogP contribution in [0.1, 0.15) is 35.1 Å². The lowest BCUT2D eigenvalue weighted by Gasteiger charge is -2.30. The Morgan fingerprint density at radius 1 is 1.30 bits per heavy atom. The van der Waals surface area contributed by atoms with Crippen LogP contribution in [0.5, 0.6) is 0 Å². The summed E-state index contributed by atoms with van der Waals surface area (Å²) in [6.07, 6.45) is 0.996. The molecule has 0 saturated heterocycles. The second-order valence-electron chi connectivity index (χ2n) is 6.05. The Hall–Kier alpha value is -2.40. The molecule has 0 amide bonds. The van der Waals surface area contributed by atoms with Gasteiger partial charge in [0.25, 0.3) is 0 Å². The van der Waals surface area contributed by atoms with Gasteiger partial charge in [0.15, 0.2) is 5.69 Å². The minimum atomic E-state index is -0.984. The van der Waals surface area contributed by atoms with Gasteiger partial charge >= 0.3 is 5.97 Å². The van der Waals surface area contributed by atoms with Gasteiger partial charge in [0.05, 0.1) is 5.69 Å². The van der Waals surface area contributed by atoms with E-state index in [1.807, 2.05) is 6.07 Å². The van der Waals surface area contributed by atoms with Crippen LogP contribution in [0.4, 0.5) is 0 Å². The SMILES string of the molecule is CC1=C(c2cc(C(=O)O)nn2C)CN(Cc2ccccc2)CC1. The molecule has 3 rings (SSSR count). The van der Waals surface area contributed by atoms with E-state index in [1.54, 1.807) is 17.8 Å². The van der Waals surface area contributed by atoms with Gasteiger partial charge < -0.3 is 5.11 Å². The normalized spacial score (nSPS) is 15.9. The van der Waals surface area contributed by atoms with Crippen molar-refractivity contribution in [3.8, 4) is 0 Å². The molecular weight excluding hydrogens is 290 g/mol. The van der Waals surface area contributed by atoms with Crippen LogP contribution < -0.4 is 0 Å². The number of hydrogen-bond acceptors (Lipinski definition) is 3. The second kappa shape index (κ2) is 6.38. The zero-order chi connectivity index (χ0) is 16.4. The molecule has 0 spiro atoms. The first kappa shape index (κ1) is 15.5. The summed E-state index contributed by atoms with van der Waals surface area (Å²) in [4.78, 5) is 13.5. The molecule has 0 aliphatic carbocycles. The first-order valence-corrected chi connectivity index (χ1v) is 7.77. The summed E-state index contributed by atoms with van der Waals surface area (Å²) < 4.78 is 1.67. The first-order chi connectivity index (χ1) is 11.0. The molecule has 0 bridgehead atoms. The number of carboxylic acid groups (broad SMARTS) is 1. The van der Waals surface area contributed by atoms with Gasteiger partial charge in [-0.25, -0.2) is 4.79 Å². The number of hydrogen-bond donors (Lipinski definition) is 1. The van der Waals surface area contributed by atoms with Crippen molar-refractivity contribution in [3.63, 3.8) is 0 Å². The molecule has 2 heterocycles. The number of aromatic carboxylic acids is 1. The summed E-state index contributed by atoms with van der Waals surface area (Å²) in [5, 5.41) is 13.2. The van der Waals surface area contributed by atoms with Gasteiger partial charge in [0, 0.05) is 26.7 Å². The number of carboxylic acids is 1. The summed E-state index contributed by atoms with van der Waals surface area (Å²) in [7, 11) is 1.80. The van der Waals surface area contributed by atoms with Gasteiger partial charge in [-0.1, -0.05) is 35.9 Å². The largest absolute Gasteiger partial charge is 0.476 e. The zero-order valence-electron chi connectivity index (χ0n) is 13.5. The monoisotopic (exact) mass is 311 g/mol. The van der Waals surface area contributed by atoms with Crippen molar-refractivity contribution in [1.29, 1.82) is 0 Å². The first-order valence-electron chi connectivity index (χ1n) is 7.77. The van der Waals surface area contributed by atoms with Gasteiger partial charge in [0.2, 0.25) is 0 Å². The predicted molar refractivity (Wildman–Crippen MR) is 89.1 cm³/mol. The molecule has 0 atom stereocenters. The average Bonchev–Trinajstić information content (AvgIpc) is 2.92. The lowest BCUT2D eigenvalue weighted by molar-refractivity contribution is 0.0689. The van der Waals surface area contributed by atoms with Crippen LogP contribution in [0.25, 0.3) is 5.57 Å². The van der Waals surface area contributed by atoms with Crippen LogP contribution in [0.15, 0.2) is 42.0 Å². The van der Waals surface area contributed by atoms with Gasteiger partial charge in [-0.05, 0) is 30.5 Å². The Labute approximate surface area is 135 Å². The molecule has 2 aromatic rings. The van der Waals surface area contributed by atoms with Gasteiger partial charge in [-0.2, -0.15) is 5.10 Å². The lowest BCUT2D eigenvalue weighted by Crippen LogP contribution is -2.31. The van der Waals surface area contributed by atoms with E-state index >= 15 is 0 Å². The number of benzene rings is 1. The molecular formula is C18H21N3O2. The van der Waals surface area contributed by atoms with Crippen LogP contribution in [-0.4, -0.2) is 38.8 Å². The third kappa shape index (κ3) is 3.35. The third-order valence-electron chi connectivity index (χ3n) is 4.36. The maximum Gasteiger partial charge on any atom is 0.356 e. The van der Waals surface area contributed by atoms with Crippen molar-refractivity contribution < 1.29 is 9.90 Å². The molecule has 120 valence electrons. The highest BCUT2D eigenvalue weighted by Crippen LogP contribution is 2.27. The van der Waals surface area contributed by atoms with Crippen LogP contribution >= 0.6 is 0 Å². The van der Waals surface area contributed by atoms with E-state index in [0.29, 0.717) is 0 Å². The second-order valence-corrected chi connectivity index (χ2v) is 6.05. The van der Waals surface area contributed by atoms with Crippen LogP contribution in [0.2, 0.25) is 0 Å². The fourth-order valence-electron chi connectivity index (χ4n) is 3.04. The van der Waals surface area contributed by atoms with Crippen molar-refractivity contribution in [1.82, 2.24) is 14.7 Å². The van der Waals surface area contributed by atoms with Crippen molar-refractivity contribution >= 4 is 11.5 Å². The number of aromatic nitrogens is 2. The fourth-order valence-corrected chi connectivity index (χ4v) is 3.04. The molecule has 1 N–H and O–H groups in total. The highest BCUT2D eigenvalue weighted by molar-refractivity contribution is 5.86. The Kier molecular flexibility index (Phi) is 4.30. The predicted octanol–water partition coefficient (Wildman–Crippen LogP) is 2.80. The van der Waals surface area contributed by atoms with Gasteiger partial charge in [-0.3, -0.25) is 9.58 Å². The van der Waals surface area contributed by atoms with E-state index in [1.165, 1.54) is 16.7 Å². The van der Waals surface area contributed by atoms with Gasteiger partial charge in [-0.15, -0.1) is 0 Å². The molecule has 1 aliphatic heterocycles. The van der Waals surface area contributed by atoms with Crippen LogP contribution in [0.3, 0.4) is 0 Å². The molecule has 0 saturated carbocycles. The topological polar surface area (TPSA) is 58.4 Å². The third-order valence-corrected chi connectivity index (χ3v) is 4.36. The minimum Gasteiger partial charge on any atom is -0.476 e. The number of rotatable bonds is 4. The Bertz CT molecular complexity index is 747. The summed E-state index contributed by atoms with van der Waals surface area (Å²) >= 11 is 0. The quantitative estimate of drug-likeness (QED) is 0.943. The smallest absolute Gasteiger partial charge is 0.356 e. The minimum absolute atomic E-state index is 0.1000. The molecule has 0 unspecified atom stereocenters. The molecule has 5 heteroatoms. The zero-order valence-corrected chi connectivity index (χ0v) is 13.5. The Morgan fingerprint density at radius 2 is 2.04 bits per heavy atom. The Morgan fingerprint density at radius 3 is 2.70 bits per heavy atom. The highest BCUT2D eigenvalue weighted by Gasteiger charge is 2.22. The molecule has 1 aromatic carbocycles. The summed E-state index contributed by atoms with van der Waals surface area (Å²) in [6.45, 7) is 4.87. The van der Waals surface area contributed by atoms with E-state index in [9.17, 15) is 4.79 Å². The highest BCUT2D eigenvalue weighted by atomic mass is 16.4.